The van der Waals surface area contributed by atoms with Gasteiger partial charge in [0.15, 0.2) is 0 Å². The van der Waals surface area contributed by atoms with Crippen LogP contribution in [0.1, 0.15) is 19.4 Å². The van der Waals surface area contributed by atoms with Crippen LogP contribution in [0.2, 0.25) is 0 Å². The lowest BCUT2D eigenvalue weighted by Gasteiger charge is -2.14. The molecule has 1 heterocycles. The molecule has 0 radical (unpaired) electrons. The number of ether oxygens (including phenoxy) is 2. The molecule has 0 bridgehead atoms. The van der Waals surface area contributed by atoms with E-state index in [2.05, 4.69) is 20.4 Å². The van der Waals surface area contributed by atoms with E-state index in [1.165, 1.54) is 7.11 Å². The molecule has 118 valence electrons. The van der Waals surface area contributed by atoms with E-state index in [1.807, 2.05) is 13.8 Å². The molecule has 0 aliphatic heterocycles. The number of hydrogen-bond donors (Lipinski definition) is 3. The number of nitrogens with one attached hydrogen (secondary N) is 2. The van der Waals surface area contributed by atoms with E-state index in [0.29, 0.717) is 25.0 Å². The second kappa shape index (κ2) is 9.15. The van der Waals surface area contributed by atoms with Crippen molar-refractivity contribution in [3.63, 3.8) is 0 Å². The third kappa shape index (κ3) is 7.48. The number of aliphatic hydroxyl groups excluding tert-OH is 1. The zero-order valence-corrected chi connectivity index (χ0v) is 12.6. The van der Waals surface area contributed by atoms with Gasteiger partial charge in [0.25, 0.3) is 0 Å². The number of carbonyl (C=O) groups is 1. The molecule has 7 heteroatoms. The predicted octanol–water partition coefficient (Wildman–Crippen LogP) is 0.675. The molecule has 1 atom stereocenters. The van der Waals surface area contributed by atoms with Crippen molar-refractivity contribution in [3.8, 4) is 5.88 Å². The summed E-state index contributed by atoms with van der Waals surface area (Å²) in [6, 6.07) is 3.80. The quantitative estimate of drug-likeness (QED) is 0.653. The zero-order valence-electron chi connectivity index (χ0n) is 12.6. The lowest BCUT2D eigenvalue weighted by atomic mass is 10.3. The predicted molar refractivity (Wildman–Crippen MR) is 78.1 cm³/mol. The molecular formula is C14H23N3O4. The molecule has 0 aliphatic rings. The van der Waals surface area contributed by atoms with Crippen molar-refractivity contribution in [1.82, 2.24) is 15.6 Å². The molecule has 1 amide bonds. The molecule has 0 fully saturated rings. The van der Waals surface area contributed by atoms with E-state index < -0.39 is 12.2 Å². The molecule has 0 aromatic carbocycles. The minimum absolute atomic E-state index is 0.173. The first kappa shape index (κ1) is 17.2. The summed E-state index contributed by atoms with van der Waals surface area (Å²) in [7, 11) is 1.31. The topological polar surface area (TPSA) is 92.7 Å². The summed E-state index contributed by atoms with van der Waals surface area (Å²) in [5.41, 5.74) is 0.828. The Morgan fingerprint density at radius 3 is 2.76 bits per heavy atom. The highest BCUT2D eigenvalue weighted by molar-refractivity contribution is 5.66. The van der Waals surface area contributed by atoms with Crippen molar-refractivity contribution in [1.29, 1.82) is 0 Å². The number of hydrogen-bond acceptors (Lipinski definition) is 6. The van der Waals surface area contributed by atoms with Gasteiger partial charge in [0.05, 0.1) is 7.11 Å². The monoisotopic (exact) mass is 297 g/mol. The first-order valence-electron chi connectivity index (χ1n) is 6.82. The van der Waals surface area contributed by atoms with E-state index in [4.69, 9.17) is 4.74 Å². The van der Waals surface area contributed by atoms with Crippen LogP contribution < -0.4 is 15.4 Å². The second-order valence-corrected chi connectivity index (χ2v) is 4.88. The highest BCUT2D eigenvalue weighted by Gasteiger charge is 2.07. The highest BCUT2D eigenvalue weighted by Crippen LogP contribution is 2.08. The fraction of sp³-hybridized carbons (Fsp3) is 0.571. The molecule has 7 nitrogen and oxygen atoms in total. The van der Waals surface area contributed by atoms with Crippen molar-refractivity contribution >= 4 is 6.09 Å². The fourth-order valence-corrected chi connectivity index (χ4v) is 1.46. The van der Waals surface area contributed by atoms with Crippen molar-refractivity contribution in [2.75, 3.05) is 20.3 Å². The number of alkyl carbamates (subject to hydrolysis) is 1. The first-order valence-corrected chi connectivity index (χ1v) is 6.82. The summed E-state index contributed by atoms with van der Waals surface area (Å²) < 4.78 is 9.86. The maximum atomic E-state index is 10.9. The minimum Gasteiger partial charge on any atom is -0.475 e. The standard InChI is InChI=1S/C14H23N3O4/c1-10(2)15-8-12(18)9-21-13-5-4-11(6-16-13)7-17-14(19)20-3/h4-6,10,12,15,18H,7-9H2,1-3H3,(H,17,19). The number of aliphatic hydroxyl groups is 1. The Bertz CT molecular complexity index is 423. The maximum absolute atomic E-state index is 10.9. The van der Waals surface area contributed by atoms with Crippen LogP contribution in [0.15, 0.2) is 18.3 Å². The Balaban J connectivity index is 2.32. The molecular weight excluding hydrogens is 274 g/mol. The molecule has 21 heavy (non-hydrogen) atoms. The van der Waals surface area contributed by atoms with Crippen LogP contribution in [0, 0.1) is 0 Å². The number of methoxy groups -OCH3 is 1. The zero-order chi connectivity index (χ0) is 15.7. The molecule has 1 unspecified atom stereocenters. The maximum Gasteiger partial charge on any atom is 0.407 e. The normalized spacial score (nSPS) is 12.0. The van der Waals surface area contributed by atoms with Crippen LogP contribution in [0.25, 0.3) is 0 Å². The lowest BCUT2D eigenvalue weighted by molar-refractivity contribution is 0.102. The Morgan fingerprint density at radius 1 is 1.43 bits per heavy atom. The molecule has 0 aliphatic carbocycles. The van der Waals surface area contributed by atoms with E-state index in [1.54, 1.807) is 18.3 Å². The van der Waals surface area contributed by atoms with Gasteiger partial charge in [-0.25, -0.2) is 9.78 Å². The smallest absolute Gasteiger partial charge is 0.407 e. The van der Waals surface area contributed by atoms with E-state index in [0.717, 1.165) is 5.56 Å². The summed E-state index contributed by atoms with van der Waals surface area (Å²) >= 11 is 0. The average molecular weight is 297 g/mol. The first-order chi connectivity index (χ1) is 10.0. The third-order valence-corrected chi connectivity index (χ3v) is 2.61. The second-order valence-electron chi connectivity index (χ2n) is 4.88. The van der Waals surface area contributed by atoms with Gasteiger partial charge in [-0.15, -0.1) is 0 Å². The van der Waals surface area contributed by atoms with Crippen LogP contribution in [0.4, 0.5) is 4.79 Å². The Hall–Kier alpha value is -1.86. The van der Waals surface area contributed by atoms with Crippen molar-refractivity contribution in [3.05, 3.63) is 23.9 Å². The molecule has 0 saturated carbocycles. The average Bonchev–Trinajstić information content (AvgIpc) is 2.49. The van der Waals surface area contributed by atoms with Crippen LogP contribution >= 0.6 is 0 Å². The Kier molecular flexibility index (Phi) is 7.49. The number of aromatic nitrogens is 1. The van der Waals surface area contributed by atoms with Gasteiger partial charge >= 0.3 is 6.09 Å². The molecule has 0 spiro atoms. The van der Waals surface area contributed by atoms with Crippen LogP contribution in [0.3, 0.4) is 0 Å². The van der Waals surface area contributed by atoms with Gasteiger partial charge < -0.3 is 25.2 Å². The van der Waals surface area contributed by atoms with Crippen LogP contribution in [-0.2, 0) is 11.3 Å². The van der Waals surface area contributed by atoms with E-state index >= 15 is 0 Å². The molecule has 3 N–H and O–H groups in total. The Labute approximate surface area is 124 Å². The molecule has 1 aromatic heterocycles. The summed E-state index contributed by atoms with van der Waals surface area (Å²) in [5, 5.41) is 15.4. The minimum atomic E-state index is -0.588. The van der Waals surface area contributed by atoms with Gasteiger partial charge in [-0.1, -0.05) is 19.9 Å². The molecule has 0 saturated heterocycles. The van der Waals surface area contributed by atoms with Gasteiger partial charge in [0.1, 0.15) is 12.7 Å². The van der Waals surface area contributed by atoms with Crippen molar-refractivity contribution in [2.45, 2.75) is 32.5 Å². The van der Waals surface area contributed by atoms with Crippen LogP contribution in [0.5, 0.6) is 5.88 Å². The van der Waals surface area contributed by atoms with Gasteiger partial charge in [0, 0.05) is 31.4 Å². The lowest BCUT2D eigenvalue weighted by Crippen LogP contribution is -2.35. The fourth-order valence-electron chi connectivity index (χ4n) is 1.46. The van der Waals surface area contributed by atoms with Gasteiger partial charge in [0.2, 0.25) is 5.88 Å². The van der Waals surface area contributed by atoms with E-state index in [-0.39, 0.29) is 6.61 Å². The van der Waals surface area contributed by atoms with Gasteiger partial charge in [-0.2, -0.15) is 0 Å². The number of nitrogens with zero attached hydrogens (tertiary/aromatic N) is 1. The van der Waals surface area contributed by atoms with Gasteiger partial charge in [-0.3, -0.25) is 0 Å². The van der Waals surface area contributed by atoms with Gasteiger partial charge in [-0.05, 0) is 5.56 Å². The molecule has 1 aromatic rings. The summed E-state index contributed by atoms with van der Waals surface area (Å²) in [6.07, 6.45) is 0.523. The summed E-state index contributed by atoms with van der Waals surface area (Å²) in [5.74, 6) is 0.431. The largest absolute Gasteiger partial charge is 0.475 e. The Morgan fingerprint density at radius 2 is 2.19 bits per heavy atom. The highest BCUT2D eigenvalue weighted by atomic mass is 16.5. The third-order valence-electron chi connectivity index (χ3n) is 2.61. The molecule has 1 rings (SSSR count). The van der Waals surface area contributed by atoms with Crippen molar-refractivity contribution in [2.24, 2.45) is 0 Å². The summed E-state index contributed by atoms with van der Waals surface area (Å²) in [4.78, 5) is 15.0. The number of amides is 1. The number of rotatable bonds is 8. The SMILES string of the molecule is COC(=O)NCc1ccc(OCC(O)CNC(C)C)nc1. The summed E-state index contributed by atoms with van der Waals surface area (Å²) in [6.45, 7) is 5.00. The van der Waals surface area contributed by atoms with Crippen LogP contribution in [-0.4, -0.2) is 48.6 Å². The van der Waals surface area contributed by atoms with E-state index in [9.17, 15) is 9.90 Å². The van der Waals surface area contributed by atoms with Crippen molar-refractivity contribution < 1.29 is 19.4 Å². The number of pyridine rings is 1. The number of carbonyl (C=O) groups excluding carboxylic acids is 1.